The Labute approximate surface area is 100 Å². The smallest absolute Gasteiger partial charge is 0.00792 e. The van der Waals surface area contributed by atoms with Gasteiger partial charge in [-0.2, -0.15) is 0 Å². The Hall–Kier alpha value is -0.0800. The van der Waals surface area contributed by atoms with Crippen LogP contribution in [0.3, 0.4) is 0 Å². The van der Waals surface area contributed by atoms with Crippen molar-refractivity contribution in [3.05, 3.63) is 0 Å². The molecule has 0 radical (unpaired) electrons. The second kappa shape index (κ2) is 6.02. The summed E-state index contributed by atoms with van der Waals surface area (Å²) in [5.74, 6) is 2.63. The van der Waals surface area contributed by atoms with Gasteiger partial charge in [0.25, 0.3) is 0 Å². The molecule has 0 spiro atoms. The molecule has 3 atom stereocenters. The van der Waals surface area contributed by atoms with Crippen molar-refractivity contribution in [3.8, 4) is 0 Å². The zero-order chi connectivity index (χ0) is 11.4. The first-order valence-electron chi connectivity index (χ1n) is 7.23. The Morgan fingerprint density at radius 2 is 1.88 bits per heavy atom. The van der Waals surface area contributed by atoms with E-state index in [4.69, 9.17) is 5.73 Å². The van der Waals surface area contributed by atoms with Crippen LogP contribution in [0.25, 0.3) is 0 Å². The molecular formula is C14H28N2. The molecule has 2 rings (SSSR count). The van der Waals surface area contributed by atoms with E-state index in [0.29, 0.717) is 6.04 Å². The van der Waals surface area contributed by atoms with Crippen molar-refractivity contribution in [2.75, 3.05) is 13.1 Å². The summed E-state index contributed by atoms with van der Waals surface area (Å²) in [6.07, 6.45) is 9.63. The third-order valence-electron chi connectivity index (χ3n) is 4.52. The fraction of sp³-hybridized carbons (Fsp3) is 1.00. The minimum Gasteiger partial charge on any atom is -0.327 e. The van der Waals surface area contributed by atoms with Crippen molar-refractivity contribution < 1.29 is 0 Å². The molecule has 0 aliphatic heterocycles. The molecule has 0 heterocycles. The molecule has 16 heavy (non-hydrogen) atoms. The van der Waals surface area contributed by atoms with Crippen LogP contribution in [0.15, 0.2) is 0 Å². The summed E-state index contributed by atoms with van der Waals surface area (Å²) < 4.78 is 0. The van der Waals surface area contributed by atoms with Crippen LogP contribution in [0.2, 0.25) is 0 Å². The quantitative estimate of drug-likeness (QED) is 0.704. The van der Waals surface area contributed by atoms with E-state index in [9.17, 15) is 0 Å². The van der Waals surface area contributed by atoms with Crippen molar-refractivity contribution >= 4 is 0 Å². The SMILES string of the molecule is CC(CNCC1CCCCCC1N)C1CC1. The predicted molar refractivity (Wildman–Crippen MR) is 69.3 cm³/mol. The minimum absolute atomic E-state index is 0.450. The fourth-order valence-corrected chi connectivity index (χ4v) is 2.99. The number of hydrogen-bond acceptors (Lipinski definition) is 2. The molecule has 2 fully saturated rings. The van der Waals surface area contributed by atoms with E-state index in [1.54, 1.807) is 0 Å². The van der Waals surface area contributed by atoms with Gasteiger partial charge in [-0.1, -0.05) is 26.2 Å². The maximum atomic E-state index is 6.23. The van der Waals surface area contributed by atoms with Gasteiger partial charge < -0.3 is 11.1 Å². The second-order valence-electron chi connectivity index (χ2n) is 6.03. The monoisotopic (exact) mass is 224 g/mol. The molecule has 2 nitrogen and oxygen atoms in total. The lowest BCUT2D eigenvalue weighted by atomic mass is 9.95. The van der Waals surface area contributed by atoms with Crippen LogP contribution in [0.1, 0.15) is 51.9 Å². The number of rotatable bonds is 5. The molecule has 3 unspecified atom stereocenters. The van der Waals surface area contributed by atoms with Crippen molar-refractivity contribution in [2.24, 2.45) is 23.5 Å². The lowest BCUT2D eigenvalue weighted by Crippen LogP contribution is -2.37. The van der Waals surface area contributed by atoms with Crippen LogP contribution >= 0.6 is 0 Å². The normalized spacial score (nSPS) is 33.4. The minimum atomic E-state index is 0.450. The Bertz CT molecular complexity index is 201. The Morgan fingerprint density at radius 3 is 2.62 bits per heavy atom. The maximum absolute atomic E-state index is 6.23. The molecule has 0 amide bonds. The molecule has 0 aromatic heterocycles. The van der Waals surface area contributed by atoms with E-state index < -0.39 is 0 Å². The van der Waals surface area contributed by atoms with Crippen LogP contribution in [0, 0.1) is 17.8 Å². The van der Waals surface area contributed by atoms with Crippen LogP contribution in [0.4, 0.5) is 0 Å². The standard InChI is InChI=1S/C14H28N2/c1-11(12-7-8-12)9-16-10-13-5-3-2-4-6-14(13)15/h11-14,16H,2-10,15H2,1H3. The predicted octanol–water partition coefficient (Wildman–Crippen LogP) is 2.53. The van der Waals surface area contributed by atoms with E-state index >= 15 is 0 Å². The largest absolute Gasteiger partial charge is 0.327 e. The highest BCUT2D eigenvalue weighted by atomic mass is 14.9. The van der Waals surface area contributed by atoms with Gasteiger partial charge in [0.15, 0.2) is 0 Å². The highest BCUT2D eigenvalue weighted by Gasteiger charge is 2.27. The zero-order valence-corrected chi connectivity index (χ0v) is 10.8. The molecule has 0 aromatic carbocycles. The zero-order valence-electron chi connectivity index (χ0n) is 10.8. The number of hydrogen-bond donors (Lipinski definition) is 2. The summed E-state index contributed by atoms with van der Waals surface area (Å²) in [5.41, 5.74) is 6.23. The first kappa shape index (κ1) is 12.4. The van der Waals surface area contributed by atoms with Gasteiger partial charge in [-0.3, -0.25) is 0 Å². The topological polar surface area (TPSA) is 38.0 Å². The molecule has 94 valence electrons. The van der Waals surface area contributed by atoms with Gasteiger partial charge in [0.05, 0.1) is 0 Å². The molecule has 2 aliphatic rings. The summed E-state index contributed by atoms with van der Waals surface area (Å²) in [5, 5.41) is 3.65. The third-order valence-corrected chi connectivity index (χ3v) is 4.52. The molecule has 3 N–H and O–H groups in total. The average Bonchev–Trinajstić information content (AvgIpc) is 3.07. The van der Waals surface area contributed by atoms with E-state index in [1.807, 2.05) is 0 Å². The molecular weight excluding hydrogens is 196 g/mol. The lowest BCUT2D eigenvalue weighted by molar-refractivity contribution is 0.355. The van der Waals surface area contributed by atoms with Crippen LogP contribution < -0.4 is 11.1 Å². The summed E-state index contributed by atoms with van der Waals surface area (Å²) in [6.45, 7) is 4.74. The van der Waals surface area contributed by atoms with Crippen LogP contribution in [-0.2, 0) is 0 Å². The fourth-order valence-electron chi connectivity index (χ4n) is 2.99. The van der Waals surface area contributed by atoms with Gasteiger partial charge in [0.1, 0.15) is 0 Å². The average molecular weight is 224 g/mol. The van der Waals surface area contributed by atoms with Gasteiger partial charge in [-0.25, -0.2) is 0 Å². The van der Waals surface area contributed by atoms with Crippen molar-refractivity contribution in [2.45, 2.75) is 57.9 Å². The highest BCUT2D eigenvalue weighted by Crippen LogP contribution is 2.36. The number of nitrogens with two attached hydrogens (primary N) is 1. The first-order chi connectivity index (χ1) is 7.77. The third kappa shape index (κ3) is 3.74. The van der Waals surface area contributed by atoms with Gasteiger partial charge in [0, 0.05) is 6.04 Å². The summed E-state index contributed by atoms with van der Waals surface area (Å²) >= 11 is 0. The number of nitrogens with one attached hydrogen (secondary N) is 1. The molecule has 2 aliphatic carbocycles. The summed E-state index contributed by atoms with van der Waals surface area (Å²) in [7, 11) is 0. The van der Waals surface area contributed by atoms with Gasteiger partial charge in [-0.05, 0) is 56.5 Å². The lowest BCUT2D eigenvalue weighted by Gasteiger charge is -2.22. The first-order valence-corrected chi connectivity index (χ1v) is 7.23. The molecule has 2 heteroatoms. The summed E-state index contributed by atoms with van der Waals surface area (Å²) in [6, 6.07) is 0.450. The van der Waals surface area contributed by atoms with E-state index in [-0.39, 0.29) is 0 Å². The van der Waals surface area contributed by atoms with E-state index in [0.717, 1.165) is 24.3 Å². The Kier molecular flexibility index (Phi) is 4.66. The Balaban J connectivity index is 1.63. The van der Waals surface area contributed by atoms with Crippen LogP contribution in [-0.4, -0.2) is 19.1 Å². The van der Waals surface area contributed by atoms with Gasteiger partial charge >= 0.3 is 0 Å². The van der Waals surface area contributed by atoms with Gasteiger partial charge in [0.2, 0.25) is 0 Å². The second-order valence-corrected chi connectivity index (χ2v) is 6.03. The summed E-state index contributed by atoms with van der Waals surface area (Å²) in [4.78, 5) is 0. The van der Waals surface area contributed by atoms with Crippen molar-refractivity contribution in [3.63, 3.8) is 0 Å². The van der Waals surface area contributed by atoms with Crippen molar-refractivity contribution in [1.82, 2.24) is 5.32 Å². The molecule has 0 saturated heterocycles. The maximum Gasteiger partial charge on any atom is 0.00792 e. The molecule has 2 saturated carbocycles. The van der Waals surface area contributed by atoms with E-state index in [2.05, 4.69) is 12.2 Å². The van der Waals surface area contributed by atoms with Gasteiger partial charge in [-0.15, -0.1) is 0 Å². The van der Waals surface area contributed by atoms with E-state index in [1.165, 1.54) is 51.5 Å². The van der Waals surface area contributed by atoms with Crippen molar-refractivity contribution in [1.29, 1.82) is 0 Å². The molecule has 0 bridgehead atoms. The molecule has 0 aromatic rings. The highest BCUT2D eigenvalue weighted by molar-refractivity contribution is 4.82. The van der Waals surface area contributed by atoms with Crippen LogP contribution in [0.5, 0.6) is 0 Å². The Morgan fingerprint density at radius 1 is 1.12 bits per heavy atom.